The first kappa shape index (κ1) is 20.0. The average molecular weight is 402 g/mol. The van der Waals surface area contributed by atoms with Gasteiger partial charge in [0.15, 0.2) is 0 Å². The maximum absolute atomic E-state index is 13.1. The van der Waals surface area contributed by atoms with Gasteiger partial charge in [-0.25, -0.2) is 0 Å². The van der Waals surface area contributed by atoms with E-state index in [1.165, 1.54) is 5.56 Å². The summed E-state index contributed by atoms with van der Waals surface area (Å²) in [6.07, 6.45) is 5.51. The molecule has 1 amide bonds. The zero-order valence-electron chi connectivity index (χ0n) is 17.0. The van der Waals surface area contributed by atoms with Gasteiger partial charge in [0, 0.05) is 37.7 Å². The molecule has 154 valence electrons. The lowest BCUT2D eigenvalue weighted by atomic mass is 9.89. The number of anilines is 1. The second-order valence-electron chi connectivity index (χ2n) is 7.80. The Kier molecular flexibility index (Phi) is 6.28. The number of likely N-dealkylation sites (tertiary alicyclic amines) is 1. The number of pyridine rings is 1. The van der Waals surface area contributed by atoms with Crippen LogP contribution < -0.4 is 4.90 Å². The standard InChI is InChI=1S/C25H27N3O2/c29-24-10-8-21(9-11-24)22-12-15-27(16-13-22)25(30)19-28(23-6-2-1-3-7-23)18-20-5-4-14-26-17-20/h1-11,14,17,22,29H,12-13,15-16,18-19H2. The van der Waals surface area contributed by atoms with Gasteiger partial charge >= 0.3 is 0 Å². The molecule has 0 saturated carbocycles. The molecule has 1 N–H and O–H groups in total. The minimum atomic E-state index is 0.159. The number of nitrogens with zero attached hydrogens (tertiary/aromatic N) is 3. The summed E-state index contributed by atoms with van der Waals surface area (Å²) >= 11 is 0. The van der Waals surface area contributed by atoms with Crippen molar-refractivity contribution in [3.63, 3.8) is 0 Å². The highest BCUT2D eigenvalue weighted by atomic mass is 16.3. The van der Waals surface area contributed by atoms with Crippen LogP contribution in [0, 0.1) is 0 Å². The molecular weight excluding hydrogens is 374 g/mol. The van der Waals surface area contributed by atoms with Crippen LogP contribution in [0.3, 0.4) is 0 Å². The third-order valence-electron chi connectivity index (χ3n) is 5.76. The van der Waals surface area contributed by atoms with Crippen LogP contribution in [0.1, 0.15) is 29.9 Å². The molecule has 1 saturated heterocycles. The van der Waals surface area contributed by atoms with Crippen LogP contribution in [-0.2, 0) is 11.3 Å². The van der Waals surface area contributed by atoms with E-state index in [1.54, 1.807) is 18.3 Å². The molecule has 4 rings (SSSR count). The number of carbonyl (C=O) groups excluding carboxylic acids is 1. The first-order valence-electron chi connectivity index (χ1n) is 10.4. The molecule has 5 heteroatoms. The molecule has 0 aliphatic carbocycles. The fourth-order valence-electron chi connectivity index (χ4n) is 4.06. The maximum Gasteiger partial charge on any atom is 0.242 e. The smallest absolute Gasteiger partial charge is 0.242 e. The summed E-state index contributed by atoms with van der Waals surface area (Å²) in [6.45, 7) is 2.52. The van der Waals surface area contributed by atoms with Gasteiger partial charge in [-0.2, -0.15) is 0 Å². The average Bonchev–Trinajstić information content (AvgIpc) is 2.80. The number of amides is 1. The Hall–Kier alpha value is -3.34. The summed E-state index contributed by atoms with van der Waals surface area (Å²) in [7, 11) is 0. The second kappa shape index (κ2) is 9.44. The van der Waals surface area contributed by atoms with Crippen molar-refractivity contribution in [2.45, 2.75) is 25.3 Å². The van der Waals surface area contributed by atoms with Crippen LogP contribution in [0.2, 0.25) is 0 Å². The minimum Gasteiger partial charge on any atom is -0.508 e. The van der Waals surface area contributed by atoms with Crippen molar-refractivity contribution in [1.82, 2.24) is 9.88 Å². The van der Waals surface area contributed by atoms with Gasteiger partial charge in [-0.1, -0.05) is 36.4 Å². The summed E-state index contributed by atoms with van der Waals surface area (Å²) in [6, 6.07) is 21.5. The number of phenolic OH excluding ortho intramolecular Hbond substituents is 1. The highest BCUT2D eigenvalue weighted by molar-refractivity contribution is 5.81. The molecule has 0 bridgehead atoms. The van der Waals surface area contributed by atoms with Gasteiger partial charge in [-0.3, -0.25) is 9.78 Å². The fourth-order valence-corrected chi connectivity index (χ4v) is 4.06. The SMILES string of the molecule is O=C(CN(Cc1cccnc1)c1ccccc1)N1CCC(c2ccc(O)cc2)CC1. The molecule has 30 heavy (non-hydrogen) atoms. The third kappa shape index (κ3) is 4.98. The number of hydrogen-bond acceptors (Lipinski definition) is 4. The summed E-state index contributed by atoms with van der Waals surface area (Å²) in [5, 5.41) is 9.49. The zero-order chi connectivity index (χ0) is 20.8. The fraction of sp³-hybridized carbons (Fsp3) is 0.280. The van der Waals surface area contributed by atoms with E-state index in [2.05, 4.69) is 9.88 Å². The van der Waals surface area contributed by atoms with E-state index < -0.39 is 0 Å². The van der Waals surface area contributed by atoms with Crippen molar-refractivity contribution in [2.75, 3.05) is 24.5 Å². The lowest BCUT2D eigenvalue weighted by Gasteiger charge is -2.34. The van der Waals surface area contributed by atoms with E-state index in [4.69, 9.17) is 0 Å². The first-order valence-corrected chi connectivity index (χ1v) is 10.4. The van der Waals surface area contributed by atoms with E-state index in [0.717, 1.165) is 37.2 Å². The molecule has 1 aromatic heterocycles. The van der Waals surface area contributed by atoms with Crippen LogP contribution in [-0.4, -0.2) is 40.5 Å². The molecule has 2 heterocycles. The molecule has 0 spiro atoms. The van der Waals surface area contributed by atoms with Gasteiger partial charge in [-0.15, -0.1) is 0 Å². The van der Waals surface area contributed by atoms with Gasteiger partial charge in [0.2, 0.25) is 5.91 Å². The predicted octanol–water partition coefficient (Wildman–Crippen LogP) is 4.20. The second-order valence-corrected chi connectivity index (χ2v) is 7.80. The van der Waals surface area contributed by atoms with E-state index in [0.29, 0.717) is 24.8 Å². The Morgan fingerprint density at radius 2 is 1.73 bits per heavy atom. The number of para-hydroxylation sites is 1. The van der Waals surface area contributed by atoms with E-state index >= 15 is 0 Å². The van der Waals surface area contributed by atoms with Crippen molar-refractivity contribution < 1.29 is 9.90 Å². The van der Waals surface area contributed by atoms with Crippen molar-refractivity contribution in [2.24, 2.45) is 0 Å². The number of phenols is 1. The monoisotopic (exact) mass is 401 g/mol. The van der Waals surface area contributed by atoms with Crippen LogP contribution in [0.15, 0.2) is 79.1 Å². The van der Waals surface area contributed by atoms with Gasteiger partial charge in [0.1, 0.15) is 5.75 Å². The van der Waals surface area contributed by atoms with E-state index in [-0.39, 0.29) is 5.91 Å². The highest BCUT2D eigenvalue weighted by Crippen LogP contribution is 2.29. The Balaban J connectivity index is 1.39. The van der Waals surface area contributed by atoms with Crippen molar-refractivity contribution in [3.8, 4) is 5.75 Å². The number of aromatic nitrogens is 1. The quantitative estimate of drug-likeness (QED) is 0.673. The number of rotatable bonds is 6. The molecule has 1 fully saturated rings. The van der Waals surface area contributed by atoms with Gasteiger partial charge in [0.05, 0.1) is 6.54 Å². The minimum absolute atomic E-state index is 0.159. The van der Waals surface area contributed by atoms with Crippen LogP contribution >= 0.6 is 0 Å². The summed E-state index contributed by atoms with van der Waals surface area (Å²) in [5.74, 6) is 0.892. The van der Waals surface area contributed by atoms with Crippen LogP contribution in [0.25, 0.3) is 0 Å². The van der Waals surface area contributed by atoms with Gasteiger partial charge in [0.25, 0.3) is 0 Å². The molecule has 1 aliphatic heterocycles. The lowest BCUT2D eigenvalue weighted by Crippen LogP contribution is -2.43. The Morgan fingerprint density at radius 1 is 1.00 bits per heavy atom. The van der Waals surface area contributed by atoms with E-state index in [9.17, 15) is 9.90 Å². The van der Waals surface area contributed by atoms with Gasteiger partial charge in [-0.05, 0) is 60.2 Å². The molecule has 1 aliphatic rings. The largest absolute Gasteiger partial charge is 0.508 e. The molecule has 0 unspecified atom stereocenters. The predicted molar refractivity (Wildman–Crippen MR) is 118 cm³/mol. The number of hydrogen-bond donors (Lipinski definition) is 1. The first-order chi connectivity index (χ1) is 14.7. The maximum atomic E-state index is 13.1. The Morgan fingerprint density at radius 3 is 2.40 bits per heavy atom. The molecule has 0 atom stereocenters. The summed E-state index contributed by atoms with van der Waals surface area (Å²) in [5.41, 5.74) is 3.36. The molecule has 2 aromatic carbocycles. The normalized spacial score (nSPS) is 14.5. The molecule has 0 radical (unpaired) electrons. The number of aromatic hydroxyl groups is 1. The Labute approximate surface area is 177 Å². The van der Waals surface area contributed by atoms with Crippen LogP contribution in [0.4, 0.5) is 5.69 Å². The summed E-state index contributed by atoms with van der Waals surface area (Å²) < 4.78 is 0. The Bertz CT molecular complexity index is 937. The van der Waals surface area contributed by atoms with Gasteiger partial charge < -0.3 is 14.9 Å². The zero-order valence-corrected chi connectivity index (χ0v) is 17.0. The summed E-state index contributed by atoms with van der Waals surface area (Å²) in [4.78, 5) is 21.4. The lowest BCUT2D eigenvalue weighted by molar-refractivity contribution is -0.130. The van der Waals surface area contributed by atoms with Crippen molar-refractivity contribution in [1.29, 1.82) is 0 Å². The van der Waals surface area contributed by atoms with E-state index in [1.807, 2.05) is 65.7 Å². The van der Waals surface area contributed by atoms with Crippen molar-refractivity contribution >= 4 is 11.6 Å². The molecule has 3 aromatic rings. The highest BCUT2D eigenvalue weighted by Gasteiger charge is 2.25. The number of benzene rings is 2. The molecular formula is C25H27N3O2. The number of carbonyl (C=O) groups is 1. The van der Waals surface area contributed by atoms with Crippen LogP contribution in [0.5, 0.6) is 5.75 Å². The third-order valence-corrected chi connectivity index (χ3v) is 5.76. The molecule has 5 nitrogen and oxygen atoms in total. The van der Waals surface area contributed by atoms with Crippen molar-refractivity contribution in [3.05, 3.63) is 90.3 Å². The topological polar surface area (TPSA) is 56.7 Å². The number of piperidine rings is 1.